The van der Waals surface area contributed by atoms with Gasteiger partial charge in [-0.1, -0.05) is 73.7 Å². The molecule has 1 amide bonds. The van der Waals surface area contributed by atoms with E-state index in [0.717, 1.165) is 16.7 Å². The highest BCUT2D eigenvalue weighted by Gasteiger charge is 2.47. The number of ether oxygens (including phenoxy) is 4. The Labute approximate surface area is 271 Å². The van der Waals surface area contributed by atoms with Crippen molar-refractivity contribution in [1.82, 2.24) is 25.0 Å². The maximum absolute atomic E-state index is 13.0. The molecule has 13 nitrogen and oxygen atoms in total. The van der Waals surface area contributed by atoms with Gasteiger partial charge in [-0.25, -0.2) is 0 Å². The van der Waals surface area contributed by atoms with Crippen LogP contribution >= 0.6 is 0 Å². The number of nitrogens with zero attached hydrogens (tertiary/aromatic N) is 4. The maximum atomic E-state index is 13.0. The van der Waals surface area contributed by atoms with E-state index in [-0.39, 0.29) is 35.5 Å². The second kappa shape index (κ2) is 13.3. The average molecular weight is 640 g/mol. The van der Waals surface area contributed by atoms with Crippen molar-refractivity contribution in [2.75, 3.05) is 26.1 Å². The van der Waals surface area contributed by atoms with Gasteiger partial charge in [-0.05, 0) is 41.0 Å². The molecule has 0 aliphatic carbocycles. The molecular weight excluding hydrogens is 602 g/mol. The molecule has 4 N–H and O–H groups in total. The number of benzene rings is 3. The van der Waals surface area contributed by atoms with E-state index < -0.39 is 29.6 Å². The fourth-order valence-electron chi connectivity index (χ4n) is 5.78. The van der Waals surface area contributed by atoms with E-state index in [1.165, 1.54) is 4.68 Å². The molecule has 0 bridgehead atoms. The van der Waals surface area contributed by atoms with E-state index in [0.29, 0.717) is 17.9 Å². The van der Waals surface area contributed by atoms with Gasteiger partial charge in [0.05, 0.1) is 20.3 Å². The van der Waals surface area contributed by atoms with E-state index in [9.17, 15) is 9.59 Å². The molecule has 13 heteroatoms. The fourth-order valence-corrected chi connectivity index (χ4v) is 5.78. The lowest BCUT2D eigenvalue weighted by Gasteiger charge is -2.39. The number of aromatic amines is 1. The van der Waals surface area contributed by atoms with Crippen molar-refractivity contribution in [3.63, 3.8) is 0 Å². The zero-order chi connectivity index (χ0) is 33.1. The number of rotatable bonds is 11. The van der Waals surface area contributed by atoms with Crippen molar-refractivity contribution in [2.45, 2.75) is 44.3 Å². The van der Waals surface area contributed by atoms with Gasteiger partial charge in [0.1, 0.15) is 23.2 Å². The smallest absolute Gasteiger partial charge is 0.282 e. The molecular formula is C34H37N7O6. The minimum absolute atomic E-state index is 0.00859. The van der Waals surface area contributed by atoms with E-state index in [4.69, 9.17) is 24.7 Å². The Morgan fingerprint density at radius 2 is 1.60 bits per heavy atom. The van der Waals surface area contributed by atoms with Crippen LogP contribution in [-0.2, 0) is 19.9 Å². The van der Waals surface area contributed by atoms with E-state index >= 15 is 0 Å². The van der Waals surface area contributed by atoms with Crippen LogP contribution < -0.4 is 26.1 Å². The summed E-state index contributed by atoms with van der Waals surface area (Å²) in [7, 11) is 3.24. The number of hydrogen-bond donors (Lipinski definition) is 3. The molecule has 1 saturated heterocycles. The lowest BCUT2D eigenvalue weighted by molar-refractivity contribution is -0.118. The standard InChI is InChI=1S/C34H37N7O6/c1-20(2)30(42)37-33-36-29-28(31(43)38-33)39-40-41(29)32-27(18-26(19-35)46-32)47-34(21-8-6-5-7-9-21,22-10-14-24(44-3)15-11-22)23-12-16-25(45-4)17-13-23/h5-17,20,26-27,32H,18-19,35H2,1-4H3,(H2,36,37,38,42,43)/t26-,27+,32+/m0/s1. The first-order valence-electron chi connectivity index (χ1n) is 15.3. The maximum Gasteiger partial charge on any atom is 0.282 e. The van der Waals surface area contributed by atoms with Crippen LogP contribution in [0.3, 0.4) is 0 Å². The Bertz CT molecular complexity index is 1840. The second-order valence-electron chi connectivity index (χ2n) is 11.5. The lowest BCUT2D eigenvalue weighted by atomic mass is 9.79. The van der Waals surface area contributed by atoms with Crippen LogP contribution in [0.4, 0.5) is 5.95 Å². The topological polar surface area (TPSA) is 168 Å². The highest BCUT2D eigenvalue weighted by molar-refractivity contribution is 5.91. The third-order valence-electron chi connectivity index (χ3n) is 8.25. The summed E-state index contributed by atoms with van der Waals surface area (Å²) in [6, 6.07) is 25.3. The Morgan fingerprint density at radius 1 is 1.00 bits per heavy atom. The fraction of sp³-hybridized carbons (Fsp3) is 0.324. The first kappa shape index (κ1) is 31.9. The molecule has 244 valence electrons. The highest BCUT2D eigenvalue weighted by atomic mass is 16.6. The van der Waals surface area contributed by atoms with Gasteiger partial charge < -0.3 is 24.7 Å². The van der Waals surface area contributed by atoms with Gasteiger partial charge in [-0.15, -0.1) is 5.10 Å². The van der Waals surface area contributed by atoms with Gasteiger partial charge in [0.2, 0.25) is 11.9 Å². The zero-order valence-corrected chi connectivity index (χ0v) is 26.5. The molecule has 0 spiro atoms. The number of nitrogens with two attached hydrogens (primary N) is 1. The van der Waals surface area contributed by atoms with Gasteiger partial charge in [0.15, 0.2) is 17.4 Å². The average Bonchev–Trinajstić information content (AvgIpc) is 3.71. The predicted molar refractivity (Wildman–Crippen MR) is 174 cm³/mol. The number of carbonyl (C=O) groups is 1. The summed E-state index contributed by atoms with van der Waals surface area (Å²) in [5.41, 5.74) is 7.08. The number of H-pyrrole nitrogens is 1. The number of nitrogens with one attached hydrogen (secondary N) is 2. The number of fused-ring (bicyclic) bond motifs is 1. The summed E-state index contributed by atoms with van der Waals surface area (Å²) >= 11 is 0. The van der Waals surface area contributed by atoms with Crippen LogP contribution in [0, 0.1) is 5.92 Å². The molecule has 47 heavy (non-hydrogen) atoms. The first-order chi connectivity index (χ1) is 22.8. The lowest BCUT2D eigenvalue weighted by Crippen LogP contribution is -2.39. The molecule has 1 aliphatic heterocycles. The highest BCUT2D eigenvalue weighted by Crippen LogP contribution is 2.46. The van der Waals surface area contributed by atoms with E-state index in [1.807, 2.05) is 78.9 Å². The Morgan fingerprint density at radius 3 is 2.15 bits per heavy atom. The second-order valence-corrected chi connectivity index (χ2v) is 11.5. The Balaban J connectivity index is 1.51. The number of methoxy groups -OCH3 is 2. The number of anilines is 1. The molecule has 0 saturated carbocycles. The molecule has 3 atom stereocenters. The van der Waals surface area contributed by atoms with Crippen molar-refractivity contribution >= 4 is 23.0 Å². The quantitative estimate of drug-likeness (QED) is 0.181. The molecule has 0 radical (unpaired) electrons. The summed E-state index contributed by atoms with van der Waals surface area (Å²) in [6.45, 7) is 3.70. The summed E-state index contributed by atoms with van der Waals surface area (Å²) in [6.07, 6.45) is -1.53. The van der Waals surface area contributed by atoms with Crippen LogP contribution in [0.1, 0.15) is 43.2 Å². The first-order valence-corrected chi connectivity index (χ1v) is 15.3. The van der Waals surface area contributed by atoms with E-state index in [1.54, 1.807) is 28.1 Å². The van der Waals surface area contributed by atoms with Gasteiger partial charge in [-0.2, -0.15) is 9.67 Å². The summed E-state index contributed by atoms with van der Waals surface area (Å²) in [5.74, 6) is 0.732. The Hall–Kier alpha value is -5.11. The van der Waals surface area contributed by atoms with Crippen molar-refractivity contribution in [2.24, 2.45) is 11.7 Å². The molecule has 0 unspecified atom stereocenters. The minimum Gasteiger partial charge on any atom is -0.497 e. The number of aromatic nitrogens is 5. The van der Waals surface area contributed by atoms with Crippen LogP contribution in [-0.4, -0.2) is 63.8 Å². The van der Waals surface area contributed by atoms with Crippen molar-refractivity contribution in [3.05, 3.63) is 106 Å². The van der Waals surface area contributed by atoms with Gasteiger partial charge >= 0.3 is 0 Å². The van der Waals surface area contributed by atoms with E-state index in [2.05, 4.69) is 25.6 Å². The molecule has 1 aliphatic rings. The number of hydrogen-bond acceptors (Lipinski definition) is 10. The third-order valence-corrected chi connectivity index (χ3v) is 8.25. The van der Waals surface area contributed by atoms with Crippen molar-refractivity contribution in [1.29, 1.82) is 0 Å². The molecule has 2 aromatic heterocycles. The minimum atomic E-state index is -1.16. The molecule has 3 aromatic carbocycles. The third kappa shape index (κ3) is 6.08. The monoisotopic (exact) mass is 639 g/mol. The molecule has 6 rings (SSSR count). The van der Waals surface area contributed by atoms with Crippen LogP contribution in [0.5, 0.6) is 11.5 Å². The summed E-state index contributed by atoms with van der Waals surface area (Å²) < 4.78 is 26.2. The molecule has 1 fully saturated rings. The molecule has 5 aromatic rings. The van der Waals surface area contributed by atoms with Crippen LogP contribution in [0.2, 0.25) is 0 Å². The Kier molecular flexibility index (Phi) is 9.03. The number of carbonyl (C=O) groups excluding carboxylic acids is 1. The SMILES string of the molecule is COc1ccc(C(O[C@@H]2C[C@@H](CN)O[C@H]2n2nnc3c(=O)[nH]c(NC(=O)C(C)C)nc32)(c2ccccc2)c2ccc(OC)cc2)cc1. The number of amides is 1. The zero-order valence-electron chi connectivity index (χ0n) is 26.5. The van der Waals surface area contributed by atoms with Gasteiger partial charge in [-0.3, -0.25) is 19.9 Å². The van der Waals surface area contributed by atoms with Crippen molar-refractivity contribution in [3.8, 4) is 11.5 Å². The largest absolute Gasteiger partial charge is 0.497 e. The van der Waals surface area contributed by atoms with Crippen molar-refractivity contribution < 1.29 is 23.7 Å². The molecule has 3 heterocycles. The normalized spacial score (nSPS) is 18.0. The summed E-state index contributed by atoms with van der Waals surface area (Å²) in [4.78, 5) is 32.5. The van der Waals surface area contributed by atoms with Crippen LogP contribution in [0.25, 0.3) is 11.2 Å². The predicted octanol–water partition coefficient (Wildman–Crippen LogP) is 3.75. The van der Waals surface area contributed by atoms with Gasteiger partial charge in [0, 0.05) is 18.9 Å². The van der Waals surface area contributed by atoms with Crippen LogP contribution in [0.15, 0.2) is 83.7 Å². The van der Waals surface area contributed by atoms with Gasteiger partial charge in [0.25, 0.3) is 5.56 Å². The summed E-state index contributed by atoms with van der Waals surface area (Å²) in [5, 5.41) is 11.1.